The van der Waals surface area contributed by atoms with Crippen molar-refractivity contribution in [2.24, 2.45) is 16.2 Å². The fourth-order valence-electron chi connectivity index (χ4n) is 2.42. The standard InChI is InChI=1S/C22H36O10/c1-20(2,3)17(25)30-11-12(31-18(26)21(4,5)6)14(32-19(27)22(7,8)9)16(24)29-13(11)15(23)28-10/h11-14,16,24H,1-10H3. The molecule has 184 valence electrons. The van der Waals surface area contributed by atoms with Crippen molar-refractivity contribution < 1.29 is 48.0 Å². The summed E-state index contributed by atoms with van der Waals surface area (Å²) in [6.45, 7) is 14.3. The molecular formula is C22H36O10. The van der Waals surface area contributed by atoms with E-state index in [9.17, 15) is 24.3 Å². The first-order valence-corrected chi connectivity index (χ1v) is 10.3. The Morgan fingerprint density at radius 3 is 1.34 bits per heavy atom. The minimum Gasteiger partial charge on any atom is -0.467 e. The highest BCUT2D eigenvalue weighted by Crippen LogP contribution is 2.33. The van der Waals surface area contributed by atoms with Crippen molar-refractivity contribution in [2.75, 3.05) is 7.11 Å². The molecule has 0 saturated carbocycles. The molecule has 1 N–H and O–H groups in total. The average Bonchev–Trinajstić information content (AvgIpc) is 2.62. The number of hydrogen-bond donors (Lipinski definition) is 1. The van der Waals surface area contributed by atoms with Gasteiger partial charge in [0.1, 0.15) is 0 Å². The molecule has 0 spiro atoms. The molecule has 1 rings (SSSR count). The number of ether oxygens (including phenoxy) is 5. The highest BCUT2D eigenvalue weighted by molar-refractivity contribution is 5.80. The number of aliphatic hydroxyl groups is 1. The van der Waals surface area contributed by atoms with E-state index in [1.807, 2.05) is 0 Å². The predicted molar refractivity (Wildman–Crippen MR) is 111 cm³/mol. The maximum atomic E-state index is 12.7. The first kappa shape index (κ1) is 27.8. The number of methoxy groups -OCH3 is 1. The third-order valence-electron chi connectivity index (χ3n) is 4.51. The van der Waals surface area contributed by atoms with Crippen molar-refractivity contribution in [1.29, 1.82) is 0 Å². The highest BCUT2D eigenvalue weighted by atomic mass is 16.7. The van der Waals surface area contributed by atoms with Gasteiger partial charge in [0.05, 0.1) is 23.4 Å². The van der Waals surface area contributed by atoms with E-state index in [0.29, 0.717) is 0 Å². The molecule has 0 aromatic rings. The lowest BCUT2D eigenvalue weighted by atomic mass is 9.93. The van der Waals surface area contributed by atoms with Crippen molar-refractivity contribution >= 4 is 23.9 Å². The van der Waals surface area contributed by atoms with Gasteiger partial charge in [-0.3, -0.25) is 14.4 Å². The van der Waals surface area contributed by atoms with Gasteiger partial charge in [0.2, 0.25) is 0 Å². The lowest BCUT2D eigenvalue weighted by Gasteiger charge is -2.43. The van der Waals surface area contributed by atoms with E-state index in [-0.39, 0.29) is 0 Å². The van der Waals surface area contributed by atoms with Crippen LogP contribution in [0.2, 0.25) is 0 Å². The van der Waals surface area contributed by atoms with Gasteiger partial charge < -0.3 is 28.8 Å². The van der Waals surface area contributed by atoms with Crippen molar-refractivity contribution in [3.8, 4) is 0 Å². The third-order valence-corrected chi connectivity index (χ3v) is 4.51. The fraction of sp³-hybridized carbons (Fsp3) is 0.818. The summed E-state index contributed by atoms with van der Waals surface area (Å²) in [4.78, 5) is 50.3. The summed E-state index contributed by atoms with van der Waals surface area (Å²) >= 11 is 0. The molecule has 0 bridgehead atoms. The minimum atomic E-state index is -1.85. The van der Waals surface area contributed by atoms with Crippen molar-refractivity contribution in [3.63, 3.8) is 0 Å². The molecule has 1 saturated heterocycles. The second kappa shape index (κ2) is 9.74. The molecule has 5 unspecified atom stereocenters. The Hall–Kier alpha value is -2.20. The first-order chi connectivity index (χ1) is 14.3. The minimum absolute atomic E-state index is 0.723. The third kappa shape index (κ3) is 6.90. The molecule has 0 aromatic carbocycles. The summed E-state index contributed by atoms with van der Waals surface area (Å²) in [5.74, 6) is -3.14. The van der Waals surface area contributed by atoms with E-state index in [4.69, 9.17) is 23.7 Å². The predicted octanol–water partition coefficient (Wildman–Crippen LogP) is 1.75. The molecule has 1 aliphatic rings. The summed E-state index contributed by atoms with van der Waals surface area (Å²) < 4.78 is 26.5. The molecule has 5 atom stereocenters. The largest absolute Gasteiger partial charge is 0.467 e. The first-order valence-electron chi connectivity index (χ1n) is 10.3. The normalized spacial score (nSPS) is 26.7. The summed E-state index contributed by atoms with van der Waals surface area (Å²) in [5.41, 5.74) is -2.93. The summed E-state index contributed by atoms with van der Waals surface area (Å²) in [6, 6.07) is 0. The van der Waals surface area contributed by atoms with Crippen LogP contribution in [0, 0.1) is 16.2 Å². The van der Waals surface area contributed by atoms with Crippen LogP contribution in [0.1, 0.15) is 62.3 Å². The molecule has 32 heavy (non-hydrogen) atoms. The molecule has 0 aromatic heterocycles. The Morgan fingerprint density at radius 1 is 0.656 bits per heavy atom. The van der Waals surface area contributed by atoms with Crippen LogP contribution < -0.4 is 0 Å². The van der Waals surface area contributed by atoms with Gasteiger partial charge in [-0.2, -0.15) is 0 Å². The zero-order chi connectivity index (χ0) is 25.2. The van der Waals surface area contributed by atoms with Gasteiger partial charge in [-0.25, -0.2) is 4.79 Å². The van der Waals surface area contributed by atoms with Crippen molar-refractivity contribution in [3.05, 3.63) is 0 Å². The van der Waals surface area contributed by atoms with Crippen LogP contribution in [0.25, 0.3) is 0 Å². The number of aliphatic hydroxyl groups excluding tert-OH is 1. The maximum Gasteiger partial charge on any atom is 0.339 e. The number of carbonyl (C=O) groups is 4. The van der Waals surface area contributed by atoms with Gasteiger partial charge >= 0.3 is 23.9 Å². The van der Waals surface area contributed by atoms with Crippen molar-refractivity contribution in [1.82, 2.24) is 0 Å². The van der Waals surface area contributed by atoms with Crippen LogP contribution in [-0.2, 0) is 42.9 Å². The van der Waals surface area contributed by atoms with Gasteiger partial charge in [0.15, 0.2) is 30.7 Å². The quantitative estimate of drug-likeness (QED) is 0.488. The maximum absolute atomic E-state index is 12.7. The average molecular weight is 461 g/mol. The van der Waals surface area contributed by atoms with Gasteiger partial charge in [-0.15, -0.1) is 0 Å². The van der Waals surface area contributed by atoms with Crippen LogP contribution in [0.15, 0.2) is 0 Å². The number of rotatable bonds is 4. The van der Waals surface area contributed by atoms with E-state index < -0.39 is 70.8 Å². The molecular weight excluding hydrogens is 424 g/mol. The molecule has 1 aliphatic heterocycles. The molecule has 10 heteroatoms. The SMILES string of the molecule is COC(=O)C1OC(O)C(OC(=O)C(C)(C)C)C(OC(=O)C(C)(C)C)C1OC(=O)C(C)(C)C. The number of esters is 4. The van der Waals surface area contributed by atoms with E-state index in [1.54, 1.807) is 62.3 Å². The van der Waals surface area contributed by atoms with E-state index >= 15 is 0 Å². The van der Waals surface area contributed by atoms with Crippen LogP contribution in [0.3, 0.4) is 0 Å². The Labute approximate surface area is 188 Å². The number of hydrogen-bond acceptors (Lipinski definition) is 10. The van der Waals surface area contributed by atoms with Crippen LogP contribution in [0.5, 0.6) is 0 Å². The Bertz CT molecular complexity index is 722. The Balaban J connectivity index is 3.51. The van der Waals surface area contributed by atoms with Crippen LogP contribution in [0.4, 0.5) is 0 Å². The monoisotopic (exact) mass is 460 g/mol. The summed E-state index contributed by atoms with van der Waals surface area (Å²) in [7, 11) is 1.09. The zero-order valence-corrected chi connectivity index (χ0v) is 20.5. The van der Waals surface area contributed by atoms with E-state index in [0.717, 1.165) is 7.11 Å². The lowest BCUT2D eigenvalue weighted by molar-refractivity contribution is -0.294. The smallest absolute Gasteiger partial charge is 0.339 e. The summed E-state index contributed by atoms with van der Waals surface area (Å²) in [6.07, 6.45) is -8.11. The second-order valence-electron chi connectivity index (χ2n) is 10.8. The van der Waals surface area contributed by atoms with Gasteiger partial charge in [0, 0.05) is 0 Å². The second-order valence-corrected chi connectivity index (χ2v) is 10.8. The molecule has 1 heterocycles. The van der Waals surface area contributed by atoms with E-state index in [2.05, 4.69) is 0 Å². The Kier molecular flexibility index (Phi) is 8.47. The van der Waals surface area contributed by atoms with Gasteiger partial charge in [-0.05, 0) is 62.3 Å². The van der Waals surface area contributed by atoms with E-state index in [1.165, 1.54) is 0 Å². The lowest BCUT2D eigenvalue weighted by Crippen LogP contribution is -2.64. The van der Waals surface area contributed by atoms with Crippen molar-refractivity contribution in [2.45, 2.75) is 93.0 Å². The van der Waals surface area contributed by atoms with Gasteiger partial charge in [-0.1, -0.05) is 0 Å². The zero-order valence-electron chi connectivity index (χ0n) is 20.5. The molecule has 1 fully saturated rings. The molecule has 0 aliphatic carbocycles. The summed E-state index contributed by atoms with van der Waals surface area (Å²) in [5, 5.41) is 10.6. The van der Waals surface area contributed by atoms with Gasteiger partial charge in [0.25, 0.3) is 0 Å². The Morgan fingerprint density at radius 2 is 1.00 bits per heavy atom. The highest BCUT2D eigenvalue weighted by Gasteiger charge is 2.56. The van der Waals surface area contributed by atoms with Crippen LogP contribution >= 0.6 is 0 Å². The topological polar surface area (TPSA) is 135 Å². The molecule has 0 amide bonds. The number of carbonyl (C=O) groups excluding carboxylic acids is 4. The molecule has 10 nitrogen and oxygen atoms in total. The fourth-order valence-corrected chi connectivity index (χ4v) is 2.42. The van der Waals surface area contributed by atoms with Crippen LogP contribution in [-0.4, -0.2) is 66.8 Å². The molecule has 0 radical (unpaired) electrons.